The maximum atomic E-state index is 12.6. The quantitative estimate of drug-likeness (QED) is 0.608. The van der Waals surface area contributed by atoms with E-state index in [-0.39, 0.29) is 22.6 Å². The molecule has 1 aromatic carbocycles. The van der Waals surface area contributed by atoms with E-state index in [9.17, 15) is 18.0 Å². The van der Waals surface area contributed by atoms with E-state index in [1.807, 2.05) is 0 Å². The van der Waals surface area contributed by atoms with Gasteiger partial charge in [0.05, 0.1) is 16.0 Å². The standard InChI is InChI=1S/C15H18N2O4S/c1-5-17(9-10(2)3)22(20,21)11-6-7-12-13(8-11)15(19)16(4)14(12)18/h6-8H,2,5,9H2,1,3-4H3. The number of sulfonamides is 1. The van der Waals surface area contributed by atoms with Gasteiger partial charge in [0, 0.05) is 20.1 Å². The third kappa shape index (κ3) is 2.57. The van der Waals surface area contributed by atoms with Crippen molar-refractivity contribution in [1.29, 1.82) is 0 Å². The number of rotatable bonds is 5. The molecule has 1 aliphatic heterocycles. The molecule has 0 spiro atoms. The summed E-state index contributed by atoms with van der Waals surface area (Å²) in [7, 11) is -2.36. The summed E-state index contributed by atoms with van der Waals surface area (Å²) < 4.78 is 26.6. The highest BCUT2D eigenvalue weighted by molar-refractivity contribution is 7.89. The smallest absolute Gasteiger partial charge is 0.261 e. The Morgan fingerprint density at radius 2 is 1.82 bits per heavy atom. The number of carbonyl (C=O) groups is 2. The van der Waals surface area contributed by atoms with Crippen LogP contribution in [0.4, 0.5) is 0 Å². The molecule has 0 aromatic heterocycles. The summed E-state index contributed by atoms with van der Waals surface area (Å²) in [6.45, 7) is 7.71. The minimum absolute atomic E-state index is 0.00537. The average molecular weight is 322 g/mol. The lowest BCUT2D eigenvalue weighted by atomic mass is 10.1. The van der Waals surface area contributed by atoms with Crippen LogP contribution in [0, 0.1) is 0 Å². The van der Waals surface area contributed by atoms with Crippen molar-refractivity contribution in [3.8, 4) is 0 Å². The van der Waals surface area contributed by atoms with Gasteiger partial charge in [-0.1, -0.05) is 19.1 Å². The van der Waals surface area contributed by atoms with E-state index < -0.39 is 21.8 Å². The fourth-order valence-corrected chi connectivity index (χ4v) is 3.85. The lowest BCUT2D eigenvalue weighted by Crippen LogP contribution is -2.32. The van der Waals surface area contributed by atoms with Gasteiger partial charge in [-0.15, -0.1) is 0 Å². The maximum absolute atomic E-state index is 12.6. The van der Waals surface area contributed by atoms with Crippen molar-refractivity contribution in [2.75, 3.05) is 20.1 Å². The Morgan fingerprint density at radius 1 is 1.23 bits per heavy atom. The number of hydrogen-bond acceptors (Lipinski definition) is 4. The van der Waals surface area contributed by atoms with Crippen LogP contribution in [0.2, 0.25) is 0 Å². The van der Waals surface area contributed by atoms with Crippen LogP contribution >= 0.6 is 0 Å². The Kier molecular flexibility index (Phi) is 4.21. The van der Waals surface area contributed by atoms with Gasteiger partial charge in [0.1, 0.15) is 0 Å². The minimum Gasteiger partial charge on any atom is -0.277 e. The third-order valence-electron chi connectivity index (χ3n) is 3.50. The molecule has 22 heavy (non-hydrogen) atoms. The van der Waals surface area contributed by atoms with Crippen LogP contribution < -0.4 is 0 Å². The molecule has 0 saturated heterocycles. The van der Waals surface area contributed by atoms with Crippen molar-refractivity contribution < 1.29 is 18.0 Å². The van der Waals surface area contributed by atoms with Crippen molar-refractivity contribution in [2.24, 2.45) is 0 Å². The summed E-state index contributed by atoms with van der Waals surface area (Å²) >= 11 is 0. The largest absolute Gasteiger partial charge is 0.277 e. The summed E-state index contributed by atoms with van der Waals surface area (Å²) in [4.78, 5) is 24.8. The Bertz CT molecular complexity index is 768. The van der Waals surface area contributed by atoms with Crippen LogP contribution in [0.5, 0.6) is 0 Å². The lowest BCUT2D eigenvalue weighted by molar-refractivity contribution is 0.0693. The molecule has 1 aliphatic rings. The van der Waals surface area contributed by atoms with Crippen LogP contribution in [-0.4, -0.2) is 49.6 Å². The van der Waals surface area contributed by atoms with E-state index >= 15 is 0 Å². The topological polar surface area (TPSA) is 74.8 Å². The molecule has 2 amide bonds. The first-order valence-corrected chi connectivity index (χ1v) is 8.25. The summed E-state index contributed by atoms with van der Waals surface area (Å²) in [5.74, 6) is -0.904. The fourth-order valence-electron chi connectivity index (χ4n) is 2.32. The van der Waals surface area contributed by atoms with Crippen molar-refractivity contribution >= 4 is 21.8 Å². The van der Waals surface area contributed by atoms with Crippen LogP contribution in [-0.2, 0) is 10.0 Å². The van der Waals surface area contributed by atoms with Gasteiger partial charge >= 0.3 is 0 Å². The number of hydrogen-bond donors (Lipinski definition) is 0. The summed E-state index contributed by atoms with van der Waals surface area (Å²) in [6.07, 6.45) is 0. The molecular formula is C15H18N2O4S. The second-order valence-corrected chi connectivity index (χ2v) is 7.20. The monoisotopic (exact) mass is 322 g/mol. The number of nitrogens with zero attached hydrogens (tertiary/aromatic N) is 2. The number of imide groups is 1. The Morgan fingerprint density at radius 3 is 2.36 bits per heavy atom. The molecule has 0 radical (unpaired) electrons. The lowest BCUT2D eigenvalue weighted by Gasteiger charge is -2.20. The predicted octanol–water partition coefficient (Wildman–Crippen LogP) is 1.50. The number of carbonyl (C=O) groups excluding carboxylic acids is 2. The minimum atomic E-state index is -3.74. The van der Waals surface area contributed by atoms with E-state index in [2.05, 4.69) is 6.58 Å². The van der Waals surface area contributed by atoms with Crippen molar-refractivity contribution in [3.05, 3.63) is 41.5 Å². The van der Waals surface area contributed by atoms with Crippen LogP contribution in [0.15, 0.2) is 35.2 Å². The van der Waals surface area contributed by atoms with Crippen LogP contribution in [0.3, 0.4) is 0 Å². The SMILES string of the molecule is C=C(C)CN(CC)S(=O)(=O)c1ccc2c(c1)C(=O)N(C)C2=O. The second kappa shape index (κ2) is 5.66. The van der Waals surface area contributed by atoms with Crippen molar-refractivity contribution in [1.82, 2.24) is 9.21 Å². The highest BCUT2D eigenvalue weighted by Gasteiger charge is 2.34. The van der Waals surface area contributed by atoms with E-state index in [4.69, 9.17) is 0 Å². The van der Waals surface area contributed by atoms with Crippen molar-refractivity contribution in [3.63, 3.8) is 0 Å². The first-order valence-electron chi connectivity index (χ1n) is 6.81. The Labute approximate surface area is 130 Å². The van der Waals surface area contributed by atoms with E-state index in [1.54, 1.807) is 13.8 Å². The van der Waals surface area contributed by atoms with Gasteiger partial charge in [0.2, 0.25) is 10.0 Å². The number of amides is 2. The Balaban J connectivity index is 2.49. The molecule has 0 aliphatic carbocycles. The van der Waals surface area contributed by atoms with Crippen LogP contribution in [0.25, 0.3) is 0 Å². The zero-order valence-electron chi connectivity index (χ0n) is 12.8. The van der Waals surface area contributed by atoms with Crippen LogP contribution in [0.1, 0.15) is 34.6 Å². The van der Waals surface area contributed by atoms with E-state index in [0.717, 1.165) is 10.5 Å². The molecule has 0 bridgehead atoms. The van der Waals surface area contributed by atoms with Gasteiger partial charge in [-0.2, -0.15) is 4.31 Å². The number of likely N-dealkylation sites (N-methyl/N-ethyl adjacent to an activating group) is 1. The zero-order valence-corrected chi connectivity index (χ0v) is 13.6. The summed E-state index contributed by atoms with van der Waals surface area (Å²) in [6, 6.07) is 4.02. The summed E-state index contributed by atoms with van der Waals surface area (Å²) in [5.41, 5.74) is 1.08. The molecule has 0 unspecified atom stereocenters. The molecule has 1 aromatic rings. The second-order valence-electron chi connectivity index (χ2n) is 5.27. The third-order valence-corrected chi connectivity index (χ3v) is 5.41. The van der Waals surface area contributed by atoms with Gasteiger partial charge in [-0.25, -0.2) is 8.42 Å². The first kappa shape index (κ1) is 16.4. The normalized spacial score (nSPS) is 14.6. The number of benzene rings is 1. The predicted molar refractivity (Wildman–Crippen MR) is 82.1 cm³/mol. The summed E-state index contributed by atoms with van der Waals surface area (Å²) in [5, 5.41) is 0. The van der Waals surface area contributed by atoms with Gasteiger partial charge < -0.3 is 0 Å². The zero-order chi connectivity index (χ0) is 16.7. The molecule has 118 valence electrons. The van der Waals surface area contributed by atoms with Gasteiger partial charge in [-0.05, 0) is 25.1 Å². The molecule has 1 heterocycles. The van der Waals surface area contributed by atoms with Gasteiger partial charge in [0.15, 0.2) is 0 Å². The average Bonchev–Trinajstić information content (AvgIpc) is 2.69. The van der Waals surface area contributed by atoms with Crippen molar-refractivity contribution in [2.45, 2.75) is 18.7 Å². The molecule has 0 N–H and O–H groups in total. The molecule has 0 saturated carbocycles. The molecule has 0 fully saturated rings. The maximum Gasteiger partial charge on any atom is 0.261 e. The molecule has 6 nitrogen and oxygen atoms in total. The first-order chi connectivity index (χ1) is 10.2. The van der Waals surface area contributed by atoms with Gasteiger partial charge in [0.25, 0.3) is 11.8 Å². The van der Waals surface area contributed by atoms with Gasteiger partial charge in [-0.3, -0.25) is 14.5 Å². The highest BCUT2D eigenvalue weighted by Crippen LogP contribution is 2.26. The Hall–Kier alpha value is -1.99. The molecule has 0 atom stereocenters. The molecular weight excluding hydrogens is 304 g/mol. The molecule has 7 heteroatoms. The number of fused-ring (bicyclic) bond motifs is 1. The molecule has 2 rings (SSSR count). The fraction of sp³-hybridized carbons (Fsp3) is 0.333. The van der Waals surface area contributed by atoms with E-state index in [0.29, 0.717) is 6.54 Å². The highest BCUT2D eigenvalue weighted by atomic mass is 32.2. The van der Waals surface area contributed by atoms with E-state index in [1.165, 1.54) is 29.6 Å².